The van der Waals surface area contributed by atoms with Gasteiger partial charge in [-0.1, -0.05) is 32.6 Å². The van der Waals surface area contributed by atoms with Crippen LogP contribution in [0.25, 0.3) is 11.1 Å². The normalized spacial score (nSPS) is 20.7. The lowest BCUT2D eigenvalue weighted by Crippen LogP contribution is -2.31. The van der Waals surface area contributed by atoms with E-state index in [1.165, 1.54) is 6.42 Å². The third kappa shape index (κ3) is 5.79. The molecule has 0 amide bonds. The van der Waals surface area contributed by atoms with Crippen LogP contribution in [0, 0.1) is 58.5 Å². The van der Waals surface area contributed by atoms with Crippen LogP contribution >= 0.6 is 0 Å². The molecule has 3 aromatic rings. The van der Waals surface area contributed by atoms with E-state index in [2.05, 4.69) is 11.7 Å². The van der Waals surface area contributed by atoms with Crippen LogP contribution in [0.3, 0.4) is 0 Å². The predicted molar refractivity (Wildman–Crippen MR) is 136 cm³/mol. The van der Waals surface area contributed by atoms with E-state index in [-0.39, 0.29) is 48.1 Å². The second-order valence-electron chi connectivity index (χ2n) is 11.0. The highest BCUT2D eigenvalue weighted by Gasteiger charge is 2.42. The summed E-state index contributed by atoms with van der Waals surface area (Å²) in [6, 6.07) is 1.74. The van der Waals surface area contributed by atoms with Gasteiger partial charge in [0.2, 0.25) is 0 Å². The number of fused-ring (bicyclic) bond motifs is 1. The van der Waals surface area contributed by atoms with Crippen molar-refractivity contribution in [2.24, 2.45) is 17.8 Å². The highest BCUT2D eigenvalue weighted by atomic mass is 19.3. The van der Waals surface area contributed by atoms with Crippen molar-refractivity contribution in [2.45, 2.75) is 58.0 Å². The van der Waals surface area contributed by atoms with Crippen LogP contribution in [0.5, 0.6) is 11.5 Å². The lowest BCUT2D eigenvalue weighted by atomic mass is 9.72. The van der Waals surface area contributed by atoms with Crippen molar-refractivity contribution in [1.29, 1.82) is 0 Å². The molecule has 1 saturated carbocycles. The molecule has 2 aliphatic rings. The Morgan fingerprint density at radius 3 is 1.98 bits per heavy atom. The first-order valence-electron chi connectivity index (χ1n) is 13.7. The molecule has 1 heterocycles. The average Bonchev–Trinajstić information content (AvgIpc) is 2.91. The summed E-state index contributed by atoms with van der Waals surface area (Å²) >= 11 is 0. The summed E-state index contributed by atoms with van der Waals surface area (Å²) in [5.41, 5.74) is -3.30. The molecule has 1 aliphatic heterocycles. The summed E-state index contributed by atoms with van der Waals surface area (Å²) < 4.78 is 140. The fourth-order valence-electron chi connectivity index (χ4n) is 6.20. The Kier molecular flexibility index (Phi) is 8.40. The molecule has 0 spiro atoms. The van der Waals surface area contributed by atoms with Gasteiger partial charge in [-0.2, -0.15) is 8.78 Å². The van der Waals surface area contributed by atoms with E-state index in [1.807, 2.05) is 0 Å². The summed E-state index contributed by atoms with van der Waals surface area (Å²) in [6.45, 7) is 2.34. The van der Waals surface area contributed by atoms with Crippen molar-refractivity contribution in [3.8, 4) is 22.6 Å². The molecule has 0 saturated heterocycles. The maximum atomic E-state index is 15.5. The minimum absolute atomic E-state index is 0.0594. The molecule has 0 aromatic heterocycles. The van der Waals surface area contributed by atoms with Crippen LogP contribution in [-0.4, -0.2) is 6.61 Å². The van der Waals surface area contributed by atoms with Crippen LogP contribution in [-0.2, 0) is 12.5 Å². The Bertz CT molecular complexity index is 1440. The zero-order chi connectivity index (χ0) is 30.3. The number of alkyl halides is 2. The topological polar surface area (TPSA) is 18.5 Å². The van der Waals surface area contributed by atoms with Crippen LogP contribution in [0.2, 0.25) is 0 Å². The number of hydrogen-bond acceptors (Lipinski definition) is 2. The molecule has 5 rings (SSSR count). The smallest absolute Gasteiger partial charge is 0.432 e. The molecule has 1 aliphatic carbocycles. The monoisotopic (exact) mass is 602 g/mol. The summed E-state index contributed by atoms with van der Waals surface area (Å²) in [6.07, 6.45) is 2.02. The van der Waals surface area contributed by atoms with Gasteiger partial charge in [0.15, 0.2) is 29.0 Å². The van der Waals surface area contributed by atoms with E-state index >= 15 is 8.78 Å². The molecule has 1 atom stereocenters. The quantitative estimate of drug-likeness (QED) is 0.198. The second kappa shape index (κ2) is 11.7. The molecule has 0 radical (unpaired) electrons. The van der Waals surface area contributed by atoms with Gasteiger partial charge in [0.05, 0.1) is 12.2 Å². The van der Waals surface area contributed by atoms with Crippen molar-refractivity contribution < 1.29 is 49.0 Å². The third-order valence-corrected chi connectivity index (χ3v) is 8.25. The number of ether oxygens (including phenoxy) is 2. The standard InChI is InChI=1S/C31H27F9O2/c1-2-3-15-4-6-16(7-5-15)19-8-18-11-21(32)26(29(38)30(18)41-14-19)17-9-22(33)27(23(34)10-17)31(39,40)42-20-12-24(35)28(37)25(36)13-20/h9-13,15-16,19H,2-8,14H2,1H3/t15-,16-,19?. The Labute approximate surface area is 236 Å². The molecule has 1 fully saturated rings. The highest BCUT2D eigenvalue weighted by Crippen LogP contribution is 2.44. The molecular weight excluding hydrogens is 575 g/mol. The molecule has 11 heteroatoms. The first-order valence-corrected chi connectivity index (χ1v) is 13.7. The van der Waals surface area contributed by atoms with Gasteiger partial charge in [0.1, 0.15) is 28.8 Å². The van der Waals surface area contributed by atoms with Crippen molar-refractivity contribution in [1.82, 2.24) is 0 Å². The van der Waals surface area contributed by atoms with E-state index in [1.54, 1.807) is 0 Å². The van der Waals surface area contributed by atoms with E-state index < -0.39 is 69.3 Å². The molecule has 226 valence electrons. The minimum atomic E-state index is -4.84. The van der Waals surface area contributed by atoms with Crippen LogP contribution < -0.4 is 9.47 Å². The number of halogens is 9. The van der Waals surface area contributed by atoms with E-state index in [4.69, 9.17) is 4.74 Å². The maximum Gasteiger partial charge on any atom is 0.432 e. The summed E-state index contributed by atoms with van der Waals surface area (Å²) in [4.78, 5) is 0. The van der Waals surface area contributed by atoms with Gasteiger partial charge in [-0.15, -0.1) is 0 Å². The van der Waals surface area contributed by atoms with Crippen LogP contribution in [0.1, 0.15) is 56.6 Å². The minimum Gasteiger partial charge on any atom is -0.490 e. The predicted octanol–water partition coefficient (Wildman–Crippen LogP) is 9.61. The van der Waals surface area contributed by atoms with E-state index in [0.717, 1.165) is 38.2 Å². The van der Waals surface area contributed by atoms with Gasteiger partial charge in [0, 0.05) is 17.7 Å². The first-order chi connectivity index (χ1) is 19.9. The maximum absolute atomic E-state index is 15.5. The third-order valence-electron chi connectivity index (χ3n) is 8.25. The van der Waals surface area contributed by atoms with Gasteiger partial charge >= 0.3 is 6.11 Å². The van der Waals surface area contributed by atoms with Crippen LogP contribution in [0.15, 0.2) is 30.3 Å². The van der Waals surface area contributed by atoms with Crippen LogP contribution in [0.4, 0.5) is 39.5 Å². The lowest BCUT2D eigenvalue weighted by Gasteiger charge is -2.36. The molecule has 1 unspecified atom stereocenters. The van der Waals surface area contributed by atoms with Gasteiger partial charge in [0.25, 0.3) is 0 Å². The lowest BCUT2D eigenvalue weighted by molar-refractivity contribution is -0.189. The Balaban J connectivity index is 1.39. The average molecular weight is 603 g/mol. The fraction of sp³-hybridized carbons (Fsp3) is 0.419. The van der Waals surface area contributed by atoms with Crippen molar-refractivity contribution >= 4 is 0 Å². The highest BCUT2D eigenvalue weighted by molar-refractivity contribution is 5.69. The summed E-state index contributed by atoms with van der Waals surface area (Å²) in [5.74, 6) is -12.4. The second-order valence-corrected chi connectivity index (χ2v) is 11.0. The van der Waals surface area contributed by atoms with Crippen molar-refractivity contribution in [3.05, 3.63) is 82.2 Å². The number of hydrogen-bond donors (Lipinski definition) is 0. The van der Waals surface area contributed by atoms with Crippen molar-refractivity contribution in [2.75, 3.05) is 6.61 Å². The molecule has 3 aromatic carbocycles. The first kappa shape index (κ1) is 30.1. The SMILES string of the molecule is CCC[C@H]1CC[C@H](C2COc3c(cc(F)c(-c4cc(F)c(C(F)(F)Oc5cc(F)c(F)c(F)c5)c(F)c4)c3F)C2)CC1. The molecule has 0 bridgehead atoms. The molecule has 42 heavy (non-hydrogen) atoms. The Morgan fingerprint density at radius 2 is 1.38 bits per heavy atom. The Morgan fingerprint density at radius 1 is 0.762 bits per heavy atom. The van der Waals surface area contributed by atoms with Gasteiger partial charge < -0.3 is 9.47 Å². The molecular formula is C31H27F9O2. The van der Waals surface area contributed by atoms with E-state index in [0.29, 0.717) is 18.3 Å². The van der Waals surface area contributed by atoms with Crippen molar-refractivity contribution in [3.63, 3.8) is 0 Å². The van der Waals surface area contributed by atoms with Gasteiger partial charge in [-0.25, -0.2) is 30.7 Å². The number of benzene rings is 3. The Hall–Kier alpha value is -3.37. The zero-order valence-corrected chi connectivity index (χ0v) is 22.5. The largest absolute Gasteiger partial charge is 0.490 e. The van der Waals surface area contributed by atoms with Gasteiger partial charge in [-0.3, -0.25) is 0 Å². The fourth-order valence-corrected chi connectivity index (χ4v) is 6.20. The molecule has 0 N–H and O–H groups in total. The van der Waals surface area contributed by atoms with Gasteiger partial charge in [-0.05, 0) is 60.8 Å². The molecule has 2 nitrogen and oxygen atoms in total. The van der Waals surface area contributed by atoms with E-state index in [9.17, 15) is 30.7 Å². The summed E-state index contributed by atoms with van der Waals surface area (Å²) in [5, 5.41) is 0. The zero-order valence-electron chi connectivity index (χ0n) is 22.5. The summed E-state index contributed by atoms with van der Waals surface area (Å²) in [7, 11) is 0. The number of rotatable bonds is 7.